The summed E-state index contributed by atoms with van der Waals surface area (Å²) in [6.45, 7) is 1.87. The molecule has 0 aliphatic carbocycles. The minimum absolute atomic E-state index is 0.406. The van der Waals surface area contributed by atoms with Crippen LogP contribution in [-0.4, -0.2) is 37.4 Å². The predicted octanol–water partition coefficient (Wildman–Crippen LogP) is 5.55. The summed E-state index contributed by atoms with van der Waals surface area (Å²) in [4.78, 5) is 0. The van der Waals surface area contributed by atoms with Gasteiger partial charge < -0.3 is 16.0 Å². The number of hydrogen-bond donors (Lipinski definition) is 0. The number of piperidine rings is 1. The van der Waals surface area contributed by atoms with Crippen LogP contribution >= 0.6 is 50.3 Å². The van der Waals surface area contributed by atoms with Crippen molar-refractivity contribution in [3.05, 3.63) is 40.0 Å². The van der Waals surface area contributed by atoms with E-state index in [0.29, 0.717) is 6.04 Å². The van der Waals surface area contributed by atoms with Crippen LogP contribution in [0.5, 0.6) is 0 Å². The number of isothiocyanates is 1. The van der Waals surface area contributed by atoms with E-state index in [1.165, 1.54) is 30.1 Å². The van der Waals surface area contributed by atoms with Crippen molar-refractivity contribution in [2.45, 2.75) is 25.3 Å². The summed E-state index contributed by atoms with van der Waals surface area (Å²) in [7, 11) is 0. The van der Waals surface area contributed by atoms with E-state index in [2.05, 4.69) is 79.2 Å². The SMILES string of the molecule is C1=CC[N-]C(C2CCCC[N-]2)=C1.[Br][Sn]([Br])[Br].[N-]=C=S. The van der Waals surface area contributed by atoms with E-state index in [1.54, 1.807) is 0 Å². The maximum absolute atomic E-state index is 7.13. The van der Waals surface area contributed by atoms with Gasteiger partial charge in [-0.2, -0.15) is 10.9 Å². The minimum Gasteiger partial charge on any atom is -0.753 e. The molecular weight excluding hydrogens is 565 g/mol. The maximum Gasteiger partial charge on any atom is -0.0548 e. The van der Waals surface area contributed by atoms with Gasteiger partial charge in [0.1, 0.15) is 0 Å². The average Bonchev–Trinajstić information content (AvgIpc) is 2.41. The van der Waals surface area contributed by atoms with Crippen LogP contribution in [-0.2, 0) is 0 Å². The number of allylic oxidation sites excluding steroid dienone is 2. The summed E-state index contributed by atoms with van der Waals surface area (Å²) < 4.78 is 0. The fraction of sp³-hybridized carbons (Fsp3) is 0.545. The van der Waals surface area contributed by atoms with Gasteiger partial charge in [0.2, 0.25) is 0 Å². The summed E-state index contributed by atoms with van der Waals surface area (Å²) in [6, 6.07) is 0.406. The molecule has 0 aromatic carbocycles. The quantitative estimate of drug-likeness (QED) is 0.229. The van der Waals surface area contributed by atoms with E-state index >= 15 is 0 Å². The van der Waals surface area contributed by atoms with Crippen LogP contribution in [0.4, 0.5) is 0 Å². The Labute approximate surface area is 145 Å². The molecule has 2 rings (SSSR count). The standard InChI is InChI=1S/C10H14N2.CNS.3BrH.Sn/c1-3-7-11-9(5-1)10-6-2-4-8-12-10;2-1-3;;;;/h1,3,5,10H,2,4,6-8H2;;3*1H;/q-2;-1;;;;+3/p-3. The summed E-state index contributed by atoms with van der Waals surface area (Å²) in [6.07, 6.45) is 10.0. The number of halogens is 3. The van der Waals surface area contributed by atoms with Crippen LogP contribution in [0.1, 0.15) is 19.3 Å². The van der Waals surface area contributed by atoms with Gasteiger partial charge in [0.05, 0.1) is 0 Å². The van der Waals surface area contributed by atoms with Crippen LogP contribution in [0.25, 0.3) is 16.0 Å². The molecule has 1 unspecified atom stereocenters. The Balaban J connectivity index is 0.000000393. The zero-order chi connectivity index (χ0) is 14.5. The Morgan fingerprint density at radius 3 is 2.42 bits per heavy atom. The summed E-state index contributed by atoms with van der Waals surface area (Å²) in [5.41, 5.74) is 1.19. The van der Waals surface area contributed by atoms with Crippen molar-refractivity contribution in [1.82, 2.24) is 0 Å². The van der Waals surface area contributed by atoms with Gasteiger partial charge in [0.15, 0.2) is 0 Å². The van der Waals surface area contributed by atoms with Crippen molar-refractivity contribution in [3.63, 3.8) is 0 Å². The van der Waals surface area contributed by atoms with E-state index in [-0.39, 0.29) is 0 Å². The zero-order valence-electron chi connectivity index (χ0n) is 10.2. The van der Waals surface area contributed by atoms with E-state index < -0.39 is 13.1 Å². The van der Waals surface area contributed by atoms with E-state index in [4.69, 9.17) is 5.41 Å². The van der Waals surface area contributed by atoms with Crippen molar-refractivity contribution in [2.24, 2.45) is 0 Å². The van der Waals surface area contributed by atoms with Crippen molar-refractivity contribution >= 4 is 68.6 Å². The molecule has 107 valence electrons. The van der Waals surface area contributed by atoms with Gasteiger partial charge in [-0.15, -0.1) is 25.2 Å². The van der Waals surface area contributed by atoms with Gasteiger partial charge in [-0.25, -0.2) is 0 Å². The largest absolute Gasteiger partial charge is 0.753 e. The Hall–Kier alpha value is 1.28. The fourth-order valence-corrected chi connectivity index (χ4v) is 1.68. The fourth-order valence-electron chi connectivity index (χ4n) is 1.68. The van der Waals surface area contributed by atoms with Crippen LogP contribution in [0.2, 0.25) is 0 Å². The van der Waals surface area contributed by atoms with E-state index in [1.807, 2.05) is 0 Å². The first-order valence-electron chi connectivity index (χ1n) is 5.67. The van der Waals surface area contributed by atoms with Crippen molar-refractivity contribution < 1.29 is 0 Å². The molecule has 2 aliphatic heterocycles. The molecule has 0 spiro atoms. The monoisotopic (exact) mass is 577 g/mol. The first-order chi connectivity index (χ1) is 9.11. The Kier molecular flexibility index (Phi) is 15.2. The molecule has 3 nitrogen and oxygen atoms in total. The second-order valence-corrected chi connectivity index (χ2v) is 42.4. The molecule has 1 radical (unpaired) electrons. The number of thiocarbonyl (C=S) groups is 1. The van der Waals surface area contributed by atoms with Gasteiger partial charge in [-0.05, 0) is 0 Å². The molecule has 8 heteroatoms. The molecule has 1 saturated heterocycles. The van der Waals surface area contributed by atoms with Crippen LogP contribution in [0, 0.1) is 0 Å². The molecule has 0 saturated carbocycles. The summed E-state index contributed by atoms with van der Waals surface area (Å²) >= 11 is 12.5. The zero-order valence-corrected chi connectivity index (χ0v) is 18.7. The molecule has 0 amide bonds. The molecule has 0 N–H and O–H groups in total. The molecule has 0 bridgehead atoms. The number of hydrogen-bond acceptors (Lipinski definition) is 1. The third-order valence-electron chi connectivity index (χ3n) is 2.36. The molecule has 0 aromatic heterocycles. The molecular formula is C11H14Br3N3SSn-3. The van der Waals surface area contributed by atoms with Crippen molar-refractivity contribution in [1.29, 1.82) is 0 Å². The van der Waals surface area contributed by atoms with Gasteiger partial charge >= 0.3 is 51.2 Å². The third kappa shape index (κ3) is 12.7. The molecule has 19 heavy (non-hydrogen) atoms. The van der Waals surface area contributed by atoms with Gasteiger partial charge in [0, 0.05) is 0 Å². The Morgan fingerprint density at radius 2 is 2.00 bits per heavy atom. The second-order valence-electron chi connectivity index (χ2n) is 3.58. The smallest absolute Gasteiger partial charge is 0.0548 e. The molecule has 0 aromatic rings. The average molecular weight is 579 g/mol. The van der Waals surface area contributed by atoms with Gasteiger partial charge in [-0.3, -0.25) is 0 Å². The van der Waals surface area contributed by atoms with Crippen LogP contribution in [0.15, 0.2) is 23.9 Å². The predicted molar refractivity (Wildman–Crippen MR) is 99.8 cm³/mol. The first kappa shape index (κ1) is 20.3. The summed E-state index contributed by atoms with van der Waals surface area (Å²) in [5.74, 6) is 0. The van der Waals surface area contributed by atoms with Crippen LogP contribution in [0.3, 0.4) is 0 Å². The van der Waals surface area contributed by atoms with Crippen molar-refractivity contribution in [3.8, 4) is 0 Å². The Morgan fingerprint density at radius 1 is 1.37 bits per heavy atom. The minimum atomic E-state index is -1.11. The van der Waals surface area contributed by atoms with E-state index in [0.717, 1.165) is 13.1 Å². The summed E-state index contributed by atoms with van der Waals surface area (Å²) in [5, 5.41) is 17.5. The van der Waals surface area contributed by atoms with Gasteiger partial charge in [-0.1, -0.05) is 43.6 Å². The number of nitrogens with zero attached hydrogens (tertiary/aromatic N) is 3. The normalized spacial score (nSPS) is 20.8. The van der Waals surface area contributed by atoms with E-state index in [9.17, 15) is 0 Å². The van der Waals surface area contributed by atoms with Crippen LogP contribution < -0.4 is 0 Å². The van der Waals surface area contributed by atoms with Crippen molar-refractivity contribution in [2.75, 3.05) is 13.1 Å². The maximum atomic E-state index is 7.13. The number of rotatable bonds is 1. The second kappa shape index (κ2) is 14.2. The molecule has 1 fully saturated rings. The Bertz CT molecular complexity index is 322. The van der Waals surface area contributed by atoms with Gasteiger partial charge in [0.25, 0.3) is 0 Å². The molecule has 2 aliphatic rings. The molecule has 1 atom stereocenters. The first-order valence-corrected chi connectivity index (χ1v) is 25.3. The molecule has 2 heterocycles. The third-order valence-corrected chi connectivity index (χ3v) is 2.36. The topological polar surface area (TPSA) is 50.5 Å².